The maximum atomic E-state index is 2.27. The predicted octanol–water partition coefficient (Wildman–Crippen LogP) is 5.25. The van der Waals surface area contributed by atoms with Crippen molar-refractivity contribution in [3.63, 3.8) is 0 Å². The summed E-state index contributed by atoms with van der Waals surface area (Å²) in [5, 5.41) is 0. The quantitative estimate of drug-likeness (QED) is 0.672. The number of benzene rings is 2. The lowest BCUT2D eigenvalue weighted by Gasteiger charge is -2.02. The van der Waals surface area contributed by atoms with Gasteiger partial charge in [0, 0.05) is 0 Å². The molecule has 0 bridgehead atoms. The molecule has 2 rings (SSSR count). The molecule has 0 radical (unpaired) electrons. The van der Waals surface area contributed by atoms with E-state index in [0.717, 1.165) is 0 Å². The molecule has 0 heteroatoms. The molecule has 0 aliphatic carbocycles. The van der Waals surface area contributed by atoms with Gasteiger partial charge in [0.1, 0.15) is 0 Å². The normalized spacial score (nSPS) is 9.56. The minimum Gasteiger partial charge on any atom is -0.0651 e. The van der Waals surface area contributed by atoms with Gasteiger partial charge in [-0.3, -0.25) is 0 Å². The van der Waals surface area contributed by atoms with Crippen LogP contribution >= 0.6 is 0 Å². The van der Waals surface area contributed by atoms with E-state index in [4.69, 9.17) is 0 Å². The van der Waals surface area contributed by atoms with E-state index >= 15 is 0 Å². The van der Waals surface area contributed by atoms with Gasteiger partial charge >= 0.3 is 0 Å². The molecule has 2 aromatic carbocycles. The Morgan fingerprint density at radius 1 is 0.722 bits per heavy atom. The number of rotatable bonds is 2. The van der Waals surface area contributed by atoms with Crippen molar-refractivity contribution < 1.29 is 0 Å². The lowest BCUT2D eigenvalue weighted by molar-refractivity contribution is 0.918. The SMILES string of the molecule is CCCc1cc(C)cc(C)c1.Cc1ccccc1. The van der Waals surface area contributed by atoms with Crippen molar-refractivity contribution in [2.75, 3.05) is 0 Å². The Morgan fingerprint density at radius 2 is 1.28 bits per heavy atom. The molecule has 0 spiro atoms. The molecule has 0 saturated heterocycles. The largest absolute Gasteiger partial charge is 0.0651 e. The highest BCUT2D eigenvalue weighted by molar-refractivity contribution is 5.28. The van der Waals surface area contributed by atoms with Crippen molar-refractivity contribution in [1.29, 1.82) is 0 Å². The molecule has 0 aliphatic rings. The highest BCUT2D eigenvalue weighted by Crippen LogP contribution is 2.10. The predicted molar refractivity (Wildman–Crippen MR) is 81.1 cm³/mol. The topological polar surface area (TPSA) is 0 Å². The minimum atomic E-state index is 1.21. The average Bonchev–Trinajstić information content (AvgIpc) is 2.30. The highest BCUT2D eigenvalue weighted by atomic mass is 14.0. The first-order valence-corrected chi connectivity index (χ1v) is 6.70. The van der Waals surface area contributed by atoms with Gasteiger partial charge in [-0.15, -0.1) is 0 Å². The van der Waals surface area contributed by atoms with Crippen LogP contribution in [0.3, 0.4) is 0 Å². The zero-order valence-corrected chi connectivity index (χ0v) is 12.0. The van der Waals surface area contributed by atoms with Gasteiger partial charge in [-0.05, 0) is 32.8 Å². The molecule has 96 valence electrons. The first kappa shape index (κ1) is 14.5. The van der Waals surface area contributed by atoms with Crippen LogP contribution in [0.15, 0.2) is 48.5 Å². The average molecular weight is 240 g/mol. The maximum absolute atomic E-state index is 2.27. The second-order valence-electron chi connectivity index (χ2n) is 4.90. The zero-order chi connectivity index (χ0) is 13.4. The number of hydrogen-bond acceptors (Lipinski definition) is 0. The Balaban J connectivity index is 0.000000199. The first-order valence-electron chi connectivity index (χ1n) is 6.70. The van der Waals surface area contributed by atoms with Crippen molar-refractivity contribution in [1.82, 2.24) is 0 Å². The Labute approximate surface area is 112 Å². The molecule has 0 saturated carbocycles. The lowest BCUT2D eigenvalue weighted by Crippen LogP contribution is -1.86. The monoisotopic (exact) mass is 240 g/mol. The molecule has 0 N–H and O–H groups in total. The first-order chi connectivity index (χ1) is 8.61. The summed E-state index contributed by atoms with van der Waals surface area (Å²) in [6.45, 7) is 8.62. The van der Waals surface area contributed by atoms with Gasteiger partial charge < -0.3 is 0 Å². The second kappa shape index (κ2) is 7.71. The lowest BCUT2D eigenvalue weighted by atomic mass is 10.0. The summed E-state index contributed by atoms with van der Waals surface area (Å²) in [4.78, 5) is 0. The molecule has 0 fully saturated rings. The van der Waals surface area contributed by atoms with Gasteiger partial charge in [-0.25, -0.2) is 0 Å². The fourth-order valence-electron chi connectivity index (χ4n) is 2.04. The summed E-state index contributed by atoms with van der Waals surface area (Å²) in [7, 11) is 0. The van der Waals surface area contributed by atoms with Crippen molar-refractivity contribution in [2.45, 2.75) is 40.5 Å². The van der Waals surface area contributed by atoms with Gasteiger partial charge in [0.15, 0.2) is 0 Å². The van der Waals surface area contributed by atoms with Crippen LogP contribution in [-0.4, -0.2) is 0 Å². The number of hydrogen-bond donors (Lipinski definition) is 0. The molecule has 2 aromatic rings. The fraction of sp³-hybridized carbons (Fsp3) is 0.333. The Morgan fingerprint density at radius 3 is 1.67 bits per heavy atom. The van der Waals surface area contributed by atoms with Crippen LogP contribution in [0, 0.1) is 20.8 Å². The Hall–Kier alpha value is -1.56. The summed E-state index contributed by atoms with van der Waals surface area (Å²) in [5.74, 6) is 0. The van der Waals surface area contributed by atoms with Gasteiger partial charge in [-0.1, -0.05) is 78.6 Å². The molecule has 0 aromatic heterocycles. The van der Waals surface area contributed by atoms with Crippen molar-refractivity contribution in [3.05, 3.63) is 70.8 Å². The molecule has 0 aliphatic heterocycles. The van der Waals surface area contributed by atoms with E-state index in [1.165, 1.54) is 35.1 Å². The summed E-state index contributed by atoms with van der Waals surface area (Å²) in [6, 6.07) is 17.0. The summed E-state index contributed by atoms with van der Waals surface area (Å²) in [5.41, 5.74) is 5.56. The maximum Gasteiger partial charge on any atom is -0.0281 e. The van der Waals surface area contributed by atoms with E-state index in [9.17, 15) is 0 Å². The highest BCUT2D eigenvalue weighted by Gasteiger charge is 1.93. The molecular formula is C18H24. The van der Waals surface area contributed by atoms with Crippen molar-refractivity contribution in [3.8, 4) is 0 Å². The third kappa shape index (κ3) is 5.67. The second-order valence-corrected chi connectivity index (χ2v) is 4.90. The van der Waals surface area contributed by atoms with Crippen molar-refractivity contribution in [2.24, 2.45) is 0 Å². The molecular weight excluding hydrogens is 216 g/mol. The molecule has 18 heavy (non-hydrogen) atoms. The smallest absolute Gasteiger partial charge is 0.0281 e. The van der Waals surface area contributed by atoms with E-state index < -0.39 is 0 Å². The third-order valence-electron chi connectivity index (χ3n) is 2.76. The van der Waals surface area contributed by atoms with E-state index in [0.29, 0.717) is 0 Å². The molecule has 0 amide bonds. The van der Waals surface area contributed by atoms with E-state index in [2.05, 4.69) is 58.0 Å². The molecule has 0 unspecified atom stereocenters. The Bertz CT molecular complexity index is 434. The fourth-order valence-corrected chi connectivity index (χ4v) is 2.04. The molecule has 0 nitrogen and oxygen atoms in total. The molecule has 0 heterocycles. The minimum absolute atomic E-state index is 1.21. The van der Waals surface area contributed by atoms with E-state index in [-0.39, 0.29) is 0 Å². The number of aryl methyl sites for hydroxylation is 4. The third-order valence-corrected chi connectivity index (χ3v) is 2.76. The van der Waals surface area contributed by atoms with Gasteiger partial charge in [0.2, 0.25) is 0 Å². The standard InChI is InChI=1S/C11H16.C7H8/c1-4-5-11-7-9(2)6-10(3)8-11;1-7-5-3-2-4-6-7/h6-8H,4-5H2,1-3H3;2-6H,1H3. The van der Waals surface area contributed by atoms with Crippen LogP contribution in [0.1, 0.15) is 35.6 Å². The van der Waals surface area contributed by atoms with Crippen LogP contribution in [0.4, 0.5) is 0 Å². The van der Waals surface area contributed by atoms with Crippen LogP contribution in [0.25, 0.3) is 0 Å². The van der Waals surface area contributed by atoms with Crippen molar-refractivity contribution >= 4 is 0 Å². The summed E-state index contributed by atoms with van der Waals surface area (Å²) in [6.07, 6.45) is 2.45. The Kier molecular flexibility index (Phi) is 6.21. The van der Waals surface area contributed by atoms with E-state index in [1.807, 2.05) is 18.2 Å². The van der Waals surface area contributed by atoms with Gasteiger partial charge in [0.25, 0.3) is 0 Å². The van der Waals surface area contributed by atoms with Crippen LogP contribution < -0.4 is 0 Å². The van der Waals surface area contributed by atoms with Gasteiger partial charge in [-0.2, -0.15) is 0 Å². The van der Waals surface area contributed by atoms with Crippen LogP contribution in [-0.2, 0) is 6.42 Å². The summed E-state index contributed by atoms with van der Waals surface area (Å²) >= 11 is 0. The van der Waals surface area contributed by atoms with Gasteiger partial charge in [0.05, 0.1) is 0 Å². The molecule has 0 atom stereocenters. The van der Waals surface area contributed by atoms with Crippen LogP contribution in [0.5, 0.6) is 0 Å². The zero-order valence-electron chi connectivity index (χ0n) is 12.0. The van der Waals surface area contributed by atoms with E-state index in [1.54, 1.807) is 0 Å². The summed E-state index contributed by atoms with van der Waals surface area (Å²) < 4.78 is 0. The van der Waals surface area contributed by atoms with Crippen LogP contribution in [0.2, 0.25) is 0 Å².